The van der Waals surface area contributed by atoms with Crippen molar-refractivity contribution in [2.75, 3.05) is 12.3 Å². The molecule has 0 aliphatic rings. The Kier molecular flexibility index (Phi) is 5.97. The Balaban J connectivity index is 2.36. The van der Waals surface area contributed by atoms with E-state index >= 15 is 0 Å². The lowest BCUT2D eigenvalue weighted by Crippen LogP contribution is -2.01. The van der Waals surface area contributed by atoms with Gasteiger partial charge in [-0.05, 0) is 12.5 Å². The van der Waals surface area contributed by atoms with Crippen molar-refractivity contribution in [1.82, 2.24) is 0 Å². The first-order valence-electron chi connectivity index (χ1n) is 6.32. The van der Waals surface area contributed by atoms with E-state index < -0.39 is 4.92 Å². The van der Waals surface area contributed by atoms with E-state index in [1.54, 1.807) is 6.07 Å². The van der Waals surface area contributed by atoms with E-state index in [1.165, 1.54) is 31.4 Å². The smallest absolute Gasteiger partial charge is 0.271 e. The van der Waals surface area contributed by atoms with Crippen LogP contribution in [0.25, 0.3) is 0 Å². The van der Waals surface area contributed by atoms with Gasteiger partial charge in [0.2, 0.25) is 0 Å². The van der Waals surface area contributed by atoms with Crippen LogP contribution in [0.15, 0.2) is 18.2 Å². The number of rotatable bonds is 8. The van der Waals surface area contributed by atoms with Crippen LogP contribution in [-0.2, 0) is 0 Å². The van der Waals surface area contributed by atoms with E-state index in [4.69, 9.17) is 10.5 Å². The van der Waals surface area contributed by atoms with Gasteiger partial charge >= 0.3 is 0 Å². The molecule has 0 aliphatic heterocycles. The fourth-order valence-electron chi connectivity index (χ4n) is 1.67. The Morgan fingerprint density at radius 3 is 2.61 bits per heavy atom. The normalized spacial score (nSPS) is 10.3. The molecule has 0 bridgehead atoms. The zero-order chi connectivity index (χ0) is 13.4. The predicted molar refractivity (Wildman–Crippen MR) is 71.8 cm³/mol. The molecular formula is C13H20N2O3. The van der Waals surface area contributed by atoms with E-state index in [1.807, 2.05) is 0 Å². The monoisotopic (exact) mass is 252 g/mol. The van der Waals surface area contributed by atoms with E-state index in [0.29, 0.717) is 18.0 Å². The second-order valence-corrected chi connectivity index (χ2v) is 4.24. The zero-order valence-corrected chi connectivity index (χ0v) is 10.7. The van der Waals surface area contributed by atoms with Gasteiger partial charge in [0.05, 0.1) is 17.2 Å². The maximum atomic E-state index is 10.5. The number of anilines is 1. The van der Waals surface area contributed by atoms with Gasteiger partial charge in [-0.2, -0.15) is 0 Å². The third-order valence-electron chi connectivity index (χ3n) is 2.71. The third-order valence-corrected chi connectivity index (χ3v) is 2.71. The Hall–Kier alpha value is -1.78. The average Bonchev–Trinajstić information content (AvgIpc) is 2.35. The SMILES string of the molecule is CCCCCCCOc1ccc([N+](=O)[O-])cc1N. The molecule has 0 saturated carbocycles. The minimum atomic E-state index is -0.467. The maximum absolute atomic E-state index is 10.5. The summed E-state index contributed by atoms with van der Waals surface area (Å²) in [6.07, 6.45) is 5.81. The number of nitrogens with zero attached hydrogens (tertiary/aromatic N) is 1. The van der Waals surface area contributed by atoms with Crippen molar-refractivity contribution in [1.29, 1.82) is 0 Å². The molecule has 100 valence electrons. The minimum absolute atomic E-state index is 0.0113. The van der Waals surface area contributed by atoms with Crippen molar-refractivity contribution in [3.63, 3.8) is 0 Å². The first-order chi connectivity index (χ1) is 8.65. The highest BCUT2D eigenvalue weighted by molar-refractivity contribution is 5.58. The Morgan fingerprint density at radius 2 is 2.00 bits per heavy atom. The van der Waals surface area contributed by atoms with Gasteiger partial charge < -0.3 is 10.5 Å². The summed E-state index contributed by atoms with van der Waals surface area (Å²) < 4.78 is 5.50. The summed E-state index contributed by atoms with van der Waals surface area (Å²) in [7, 11) is 0. The van der Waals surface area contributed by atoms with Crippen molar-refractivity contribution < 1.29 is 9.66 Å². The molecule has 0 radical (unpaired) electrons. The highest BCUT2D eigenvalue weighted by atomic mass is 16.6. The fraction of sp³-hybridized carbons (Fsp3) is 0.538. The summed E-state index contributed by atoms with van der Waals surface area (Å²) in [5.74, 6) is 0.524. The summed E-state index contributed by atoms with van der Waals surface area (Å²) in [5, 5.41) is 10.5. The average molecular weight is 252 g/mol. The zero-order valence-electron chi connectivity index (χ0n) is 10.7. The van der Waals surface area contributed by atoms with Gasteiger partial charge in [0, 0.05) is 12.1 Å². The Labute approximate surface area is 107 Å². The van der Waals surface area contributed by atoms with E-state index in [9.17, 15) is 10.1 Å². The van der Waals surface area contributed by atoms with Crippen LogP contribution in [0.3, 0.4) is 0 Å². The van der Waals surface area contributed by atoms with Crippen molar-refractivity contribution in [2.24, 2.45) is 0 Å². The summed E-state index contributed by atoms with van der Waals surface area (Å²) in [4.78, 5) is 10.1. The number of nitrogen functional groups attached to an aromatic ring is 1. The quantitative estimate of drug-likeness (QED) is 0.332. The summed E-state index contributed by atoms with van der Waals surface area (Å²) in [6, 6.07) is 4.29. The van der Waals surface area contributed by atoms with Gasteiger partial charge in [-0.3, -0.25) is 10.1 Å². The molecule has 0 saturated heterocycles. The molecule has 0 aromatic heterocycles. The lowest BCUT2D eigenvalue weighted by Gasteiger charge is -2.08. The third kappa shape index (κ3) is 4.61. The van der Waals surface area contributed by atoms with Crippen molar-refractivity contribution in [3.8, 4) is 5.75 Å². The van der Waals surface area contributed by atoms with Crippen molar-refractivity contribution in [3.05, 3.63) is 28.3 Å². The van der Waals surface area contributed by atoms with Gasteiger partial charge in [-0.15, -0.1) is 0 Å². The fourth-order valence-corrected chi connectivity index (χ4v) is 1.67. The molecule has 1 aromatic rings. The molecule has 1 aromatic carbocycles. The first kappa shape index (κ1) is 14.3. The van der Waals surface area contributed by atoms with Gasteiger partial charge in [-0.1, -0.05) is 32.6 Å². The molecule has 2 N–H and O–H groups in total. The minimum Gasteiger partial charge on any atom is -0.491 e. The number of non-ortho nitro benzene ring substituents is 1. The molecule has 5 nitrogen and oxygen atoms in total. The molecule has 1 rings (SSSR count). The van der Waals surface area contributed by atoms with E-state index in [-0.39, 0.29) is 5.69 Å². The number of hydrogen-bond acceptors (Lipinski definition) is 4. The number of ether oxygens (including phenoxy) is 1. The summed E-state index contributed by atoms with van der Waals surface area (Å²) >= 11 is 0. The molecule has 0 heterocycles. The molecule has 0 fully saturated rings. The molecule has 0 atom stereocenters. The number of nitrogens with two attached hydrogens (primary N) is 1. The van der Waals surface area contributed by atoms with Gasteiger partial charge in [-0.25, -0.2) is 0 Å². The highest BCUT2D eigenvalue weighted by Crippen LogP contribution is 2.26. The second-order valence-electron chi connectivity index (χ2n) is 4.24. The van der Waals surface area contributed by atoms with Crippen LogP contribution in [0.2, 0.25) is 0 Å². The van der Waals surface area contributed by atoms with Crippen LogP contribution in [0, 0.1) is 10.1 Å². The lowest BCUT2D eigenvalue weighted by atomic mass is 10.2. The number of benzene rings is 1. The molecule has 0 spiro atoms. The molecule has 18 heavy (non-hydrogen) atoms. The summed E-state index contributed by atoms with van der Waals surface area (Å²) in [5.41, 5.74) is 6.00. The van der Waals surface area contributed by atoms with Crippen LogP contribution in [-0.4, -0.2) is 11.5 Å². The molecular weight excluding hydrogens is 232 g/mol. The topological polar surface area (TPSA) is 78.4 Å². The largest absolute Gasteiger partial charge is 0.491 e. The lowest BCUT2D eigenvalue weighted by molar-refractivity contribution is -0.384. The molecule has 0 unspecified atom stereocenters. The summed E-state index contributed by atoms with van der Waals surface area (Å²) in [6.45, 7) is 2.78. The highest BCUT2D eigenvalue weighted by Gasteiger charge is 2.09. The first-order valence-corrected chi connectivity index (χ1v) is 6.32. The van der Waals surface area contributed by atoms with E-state index in [0.717, 1.165) is 12.8 Å². The van der Waals surface area contributed by atoms with Gasteiger partial charge in [0.15, 0.2) is 0 Å². The number of nitro benzene ring substituents is 1. The number of hydrogen-bond donors (Lipinski definition) is 1. The second kappa shape index (κ2) is 7.53. The maximum Gasteiger partial charge on any atom is 0.271 e. The van der Waals surface area contributed by atoms with Crippen LogP contribution >= 0.6 is 0 Å². The molecule has 0 aliphatic carbocycles. The van der Waals surface area contributed by atoms with Crippen LogP contribution in [0.5, 0.6) is 5.75 Å². The van der Waals surface area contributed by atoms with Crippen molar-refractivity contribution >= 4 is 11.4 Å². The van der Waals surface area contributed by atoms with Crippen LogP contribution in [0.1, 0.15) is 39.0 Å². The molecule has 5 heteroatoms. The van der Waals surface area contributed by atoms with Crippen molar-refractivity contribution in [2.45, 2.75) is 39.0 Å². The number of unbranched alkanes of at least 4 members (excludes halogenated alkanes) is 4. The van der Waals surface area contributed by atoms with Gasteiger partial charge in [0.1, 0.15) is 5.75 Å². The van der Waals surface area contributed by atoms with Gasteiger partial charge in [0.25, 0.3) is 5.69 Å². The van der Waals surface area contributed by atoms with Crippen LogP contribution in [0.4, 0.5) is 11.4 Å². The predicted octanol–water partition coefficient (Wildman–Crippen LogP) is 3.53. The van der Waals surface area contributed by atoms with E-state index in [2.05, 4.69) is 6.92 Å². The van der Waals surface area contributed by atoms with Crippen LogP contribution < -0.4 is 10.5 Å². The Morgan fingerprint density at radius 1 is 1.28 bits per heavy atom. The molecule has 0 amide bonds. The Bertz CT molecular complexity index is 394. The standard InChI is InChI=1S/C13H20N2O3/c1-2-3-4-5-6-9-18-13-8-7-11(15(16)17)10-12(13)14/h7-8,10H,2-6,9,14H2,1H3. The number of nitro groups is 1.